The summed E-state index contributed by atoms with van der Waals surface area (Å²) in [6.45, 7) is 7.19. The van der Waals surface area contributed by atoms with Gasteiger partial charge in [0, 0.05) is 24.0 Å². The SMILES string of the molecule is CC1CCCC1NC(=O)C1(N)C2CCCOC2C1(C)C.Cl. The van der Waals surface area contributed by atoms with Crippen LogP contribution in [-0.2, 0) is 9.53 Å². The molecule has 1 saturated heterocycles. The van der Waals surface area contributed by atoms with Crippen LogP contribution in [0.4, 0.5) is 0 Å². The predicted molar refractivity (Wildman–Crippen MR) is 85.4 cm³/mol. The predicted octanol–water partition coefficient (Wildman–Crippen LogP) is 2.25. The van der Waals surface area contributed by atoms with Crippen LogP contribution in [0.1, 0.15) is 52.9 Å². The minimum Gasteiger partial charge on any atom is -0.377 e. The fraction of sp³-hybridized carbons (Fsp3) is 0.938. The number of halogens is 1. The summed E-state index contributed by atoms with van der Waals surface area (Å²) in [7, 11) is 0. The molecule has 21 heavy (non-hydrogen) atoms. The second-order valence-corrected chi connectivity index (χ2v) is 7.62. The third-order valence-corrected chi connectivity index (χ3v) is 6.24. The van der Waals surface area contributed by atoms with Gasteiger partial charge in [0.1, 0.15) is 5.54 Å². The van der Waals surface area contributed by atoms with Gasteiger partial charge >= 0.3 is 0 Å². The molecule has 3 N–H and O–H groups in total. The number of carbonyl (C=O) groups excluding carboxylic acids is 1. The molecule has 2 saturated carbocycles. The first-order valence-corrected chi connectivity index (χ1v) is 8.10. The van der Waals surface area contributed by atoms with Crippen molar-refractivity contribution in [1.82, 2.24) is 5.32 Å². The zero-order valence-corrected chi connectivity index (χ0v) is 14.2. The van der Waals surface area contributed by atoms with Gasteiger partial charge in [-0.3, -0.25) is 4.79 Å². The highest BCUT2D eigenvalue weighted by atomic mass is 35.5. The molecule has 1 amide bonds. The number of rotatable bonds is 2. The van der Waals surface area contributed by atoms with Crippen LogP contribution in [0, 0.1) is 17.3 Å². The maximum Gasteiger partial charge on any atom is 0.241 e. The van der Waals surface area contributed by atoms with E-state index in [1.807, 2.05) is 0 Å². The van der Waals surface area contributed by atoms with Crippen LogP contribution in [-0.4, -0.2) is 30.2 Å². The van der Waals surface area contributed by atoms with Crippen LogP contribution in [0.5, 0.6) is 0 Å². The largest absolute Gasteiger partial charge is 0.377 e. The summed E-state index contributed by atoms with van der Waals surface area (Å²) in [5.41, 5.74) is 5.57. The van der Waals surface area contributed by atoms with Gasteiger partial charge in [0.05, 0.1) is 6.10 Å². The molecule has 0 aromatic rings. The van der Waals surface area contributed by atoms with Crippen molar-refractivity contribution in [2.75, 3.05) is 6.61 Å². The zero-order chi connectivity index (χ0) is 14.5. The van der Waals surface area contributed by atoms with Crippen LogP contribution >= 0.6 is 12.4 Å². The Labute approximate surface area is 134 Å². The monoisotopic (exact) mass is 316 g/mol. The van der Waals surface area contributed by atoms with Gasteiger partial charge in [0.2, 0.25) is 5.91 Å². The van der Waals surface area contributed by atoms with Gasteiger partial charge in [-0.1, -0.05) is 27.2 Å². The van der Waals surface area contributed by atoms with Crippen molar-refractivity contribution in [2.24, 2.45) is 23.0 Å². The van der Waals surface area contributed by atoms with Crippen LogP contribution in [0.2, 0.25) is 0 Å². The molecule has 3 aliphatic rings. The molecule has 0 bridgehead atoms. The number of nitrogens with two attached hydrogens (primary N) is 1. The molecule has 3 rings (SSSR count). The molecule has 0 spiro atoms. The molecule has 5 unspecified atom stereocenters. The fourth-order valence-corrected chi connectivity index (χ4v) is 4.68. The van der Waals surface area contributed by atoms with E-state index in [9.17, 15) is 4.79 Å². The average molecular weight is 317 g/mol. The molecular formula is C16H29ClN2O2. The Morgan fingerprint density at radius 3 is 2.57 bits per heavy atom. The lowest BCUT2D eigenvalue weighted by Gasteiger charge is -2.65. The number of hydrogen-bond acceptors (Lipinski definition) is 3. The van der Waals surface area contributed by atoms with Gasteiger partial charge in [0.15, 0.2) is 0 Å². The van der Waals surface area contributed by atoms with E-state index in [-0.39, 0.29) is 35.8 Å². The Balaban J connectivity index is 0.00000161. The number of nitrogens with one attached hydrogen (secondary N) is 1. The van der Waals surface area contributed by atoms with E-state index in [1.165, 1.54) is 12.8 Å². The molecule has 1 heterocycles. The molecule has 5 atom stereocenters. The Morgan fingerprint density at radius 2 is 1.95 bits per heavy atom. The lowest BCUT2D eigenvalue weighted by molar-refractivity contribution is -0.225. The highest BCUT2D eigenvalue weighted by molar-refractivity contribution is 5.89. The van der Waals surface area contributed by atoms with Crippen molar-refractivity contribution in [2.45, 2.75) is 70.6 Å². The summed E-state index contributed by atoms with van der Waals surface area (Å²) in [5.74, 6) is 0.806. The number of fused-ring (bicyclic) bond motifs is 1. The summed E-state index contributed by atoms with van der Waals surface area (Å²) < 4.78 is 5.87. The van der Waals surface area contributed by atoms with E-state index in [4.69, 9.17) is 10.5 Å². The molecule has 1 aliphatic heterocycles. The lowest BCUT2D eigenvalue weighted by atomic mass is 9.46. The van der Waals surface area contributed by atoms with E-state index >= 15 is 0 Å². The van der Waals surface area contributed by atoms with Crippen molar-refractivity contribution in [3.05, 3.63) is 0 Å². The van der Waals surface area contributed by atoms with E-state index < -0.39 is 5.54 Å². The van der Waals surface area contributed by atoms with Crippen LogP contribution in [0.3, 0.4) is 0 Å². The molecule has 5 heteroatoms. The first kappa shape index (κ1) is 17.0. The van der Waals surface area contributed by atoms with Crippen molar-refractivity contribution in [3.63, 3.8) is 0 Å². The summed E-state index contributed by atoms with van der Waals surface area (Å²) in [6, 6.07) is 0.308. The molecule has 0 radical (unpaired) electrons. The Morgan fingerprint density at radius 1 is 1.24 bits per heavy atom. The minimum atomic E-state index is -0.763. The van der Waals surface area contributed by atoms with Gasteiger partial charge in [0.25, 0.3) is 0 Å². The highest BCUT2D eigenvalue weighted by Crippen LogP contribution is 2.57. The van der Waals surface area contributed by atoms with Crippen LogP contribution in [0.25, 0.3) is 0 Å². The molecule has 2 aliphatic carbocycles. The van der Waals surface area contributed by atoms with Crippen LogP contribution in [0.15, 0.2) is 0 Å². The van der Waals surface area contributed by atoms with Gasteiger partial charge in [-0.2, -0.15) is 0 Å². The molecule has 3 fully saturated rings. The summed E-state index contributed by atoms with van der Waals surface area (Å²) >= 11 is 0. The van der Waals surface area contributed by atoms with E-state index in [0.717, 1.165) is 25.9 Å². The zero-order valence-electron chi connectivity index (χ0n) is 13.4. The molecule has 122 valence electrons. The topological polar surface area (TPSA) is 64.4 Å². The normalized spacial score (nSPS) is 44.2. The number of ether oxygens (including phenoxy) is 1. The maximum atomic E-state index is 12.8. The molecule has 4 nitrogen and oxygen atoms in total. The highest BCUT2D eigenvalue weighted by Gasteiger charge is 2.70. The average Bonchev–Trinajstić information content (AvgIpc) is 2.83. The van der Waals surface area contributed by atoms with E-state index in [0.29, 0.717) is 12.0 Å². The first-order valence-electron chi connectivity index (χ1n) is 8.10. The Bertz CT molecular complexity index is 415. The molecule has 0 aromatic heterocycles. The third kappa shape index (κ3) is 2.30. The second-order valence-electron chi connectivity index (χ2n) is 7.62. The van der Waals surface area contributed by atoms with Crippen molar-refractivity contribution >= 4 is 18.3 Å². The minimum absolute atomic E-state index is 0. The quantitative estimate of drug-likeness (QED) is 0.821. The number of hydrogen-bond donors (Lipinski definition) is 2. The van der Waals surface area contributed by atoms with Gasteiger partial charge in [-0.15, -0.1) is 12.4 Å². The van der Waals surface area contributed by atoms with Crippen molar-refractivity contribution in [1.29, 1.82) is 0 Å². The Hall–Kier alpha value is -0.320. The van der Waals surface area contributed by atoms with Crippen molar-refractivity contribution in [3.8, 4) is 0 Å². The second kappa shape index (κ2) is 5.71. The number of amides is 1. The van der Waals surface area contributed by atoms with Gasteiger partial charge in [-0.05, 0) is 31.6 Å². The van der Waals surface area contributed by atoms with Gasteiger partial charge in [-0.25, -0.2) is 0 Å². The maximum absolute atomic E-state index is 12.8. The first-order chi connectivity index (χ1) is 9.39. The lowest BCUT2D eigenvalue weighted by Crippen LogP contribution is -2.82. The van der Waals surface area contributed by atoms with E-state index in [1.54, 1.807) is 0 Å². The number of carbonyl (C=O) groups is 1. The smallest absolute Gasteiger partial charge is 0.241 e. The summed E-state index contributed by atoms with van der Waals surface area (Å²) in [4.78, 5) is 12.8. The molecular weight excluding hydrogens is 288 g/mol. The summed E-state index contributed by atoms with van der Waals surface area (Å²) in [6.07, 6.45) is 5.69. The third-order valence-electron chi connectivity index (χ3n) is 6.24. The van der Waals surface area contributed by atoms with Crippen LogP contribution < -0.4 is 11.1 Å². The standard InChI is InChI=1S/C16H28N2O2.ClH/c1-10-6-4-8-12(10)18-14(19)16(17)11-7-5-9-20-13(11)15(16,2)3;/h10-13H,4-9,17H2,1-3H3,(H,18,19);1H. The Kier molecular flexibility index (Phi) is 4.63. The fourth-order valence-electron chi connectivity index (χ4n) is 4.68. The van der Waals surface area contributed by atoms with E-state index in [2.05, 4.69) is 26.1 Å². The summed E-state index contributed by atoms with van der Waals surface area (Å²) in [5, 5.41) is 3.24. The molecule has 0 aromatic carbocycles. The van der Waals surface area contributed by atoms with Crippen molar-refractivity contribution < 1.29 is 9.53 Å². The van der Waals surface area contributed by atoms with Gasteiger partial charge < -0.3 is 15.8 Å².